The number of phosphoric acid groups is 1. The van der Waals surface area contributed by atoms with Gasteiger partial charge < -0.3 is 19.6 Å². The van der Waals surface area contributed by atoms with Crippen LogP contribution in [0.3, 0.4) is 0 Å². The number of nitrogens with zero attached hydrogens (tertiary/aromatic N) is 1. The minimum absolute atomic E-state index is 0.690. The lowest BCUT2D eigenvalue weighted by atomic mass is 10.1. The number of aliphatic hydroxyl groups is 1. The fraction of sp³-hybridized carbons (Fsp3) is 0.600. The summed E-state index contributed by atoms with van der Waals surface area (Å²) in [5, 5.41) is 9.78. The van der Waals surface area contributed by atoms with Gasteiger partial charge in [-0.05, 0) is 6.92 Å². The molecule has 1 aromatic heterocycles. The smallest absolute Gasteiger partial charge is 0.387 e. The molecule has 1 aliphatic rings. The van der Waals surface area contributed by atoms with Crippen molar-refractivity contribution in [1.82, 2.24) is 9.55 Å². The van der Waals surface area contributed by atoms with Gasteiger partial charge in [0.15, 0.2) is 12.4 Å². The molecular formula is C10H14FN2O8P. The lowest BCUT2D eigenvalue weighted by molar-refractivity contribution is -0.0763. The molecule has 0 aromatic carbocycles. The third-order valence-electron chi connectivity index (χ3n) is 3.12. The maximum atomic E-state index is 14.1. The van der Waals surface area contributed by atoms with E-state index in [9.17, 15) is 23.7 Å². The fourth-order valence-corrected chi connectivity index (χ4v) is 2.73. The topological polar surface area (TPSA) is 151 Å². The average molecular weight is 340 g/mol. The molecule has 1 aliphatic heterocycles. The zero-order chi connectivity index (χ0) is 16.7. The lowest BCUT2D eigenvalue weighted by Crippen LogP contribution is -2.37. The molecule has 2 heterocycles. The highest BCUT2D eigenvalue weighted by atomic mass is 31.2. The number of hydrogen-bond donors (Lipinski definition) is 4. The summed E-state index contributed by atoms with van der Waals surface area (Å²) in [6.07, 6.45) is -7.15. The minimum Gasteiger partial charge on any atom is -0.387 e. The fourth-order valence-electron chi connectivity index (χ4n) is 2.18. The molecule has 1 aromatic rings. The molecule has 124 valence electrons. The molecular weight excluding hydrogens is 326 g/mol. The summed E-state index contributed by atoms with van der Waals surface area (Å²) < 4.78 is 35.1. The number of aliphatic hydroxyl groups excluding tert-OH is 1. The van der Waals surface area contributed by atoms with Gasteiger partial charge in [-0.3, -0.25) is 18.9 Å². The van der Waals surface area contributed by atoms with E-state index in [0.717, 1.165) is 16.8 Å². The average Bonchev–Trinajstić information content (AvgIpc) is 2.65. The summed E-state index contributed by atoms with van der Waals surface area (Å²) >= 11 is 0. The van der Waals surface area contributed by atoms with Crippen molar-refractivity contribution < 1.29 is 33.1 Å². The Morgan fingerprint density at radius 3 is 2.68 bits per heavy atom. The maximum Gasteiger partial charge on any atom is 0.469 e. The van der Waals surface area contributed by atoms with Crippen molar-refractivity contribution in [3.63, 3.8) is 0 Å². The van der Waals surface area contributed by atoms with E-state index in [-0.39, 0.29) is 0 Å². The second kappa shape index (κ2) is 6.03. The highest BCUT2D eigenvalue weighted by molar-refractivity contribution is 7.46. The number of nitrogens with one attached hydrogen (secondary N) is 1. The van der Waals surface area contributed by atoms with E-state index in [1.165, 1.54) is 6.92 Å². The molecule has 4 N–H and O–H groups in total. The van der Waals surface area contributed by atoms with E-state index in [1.54, 1.807) is 0 Å². The Balaban J connectivity index is 2.25. The van der Waals surface area contributed by atoms with Gasteiger partial charge in [-0.1, -0.05) is 0 Å². The van der Waals surface area contributed by atoms with Crippen LogP contribution in [-0.2, 0) is 13.8 Å². The van der Waals surface area contributed by atoms with Crippen LogP contribution < -0.4 is 11.2 Å². The Morgan fingerprint density at radius 1 is 1.50 bits per heavy atom. The van der Waals surface area contributed by atoms with Gasteiger partial charge in [0.1, 0.15) is 12.2 Å². The molecule has 0 unspecified atom stereocenters. The first-order chi connectivity index (χ1) is 10.1. The van der Waals surface area contributed by atoms with Crippen molar-refractivity contribution in [2.24, 2.45) is 0 Å². The highest BCUT2D eigenvalue weighted by Gasteiger charge is 2.49. The Morgan fingerprint density at radius 2 is 2.14 bits per heavy atom. The van der Waals surface area contributed by atoms with Crippen LogP contribution in [0.5, 0.6) is 0 Å². The van der Waals surface area contributed by atoms with Crippen molar-refractivity contribution in [3.05, 3.63) is 33.1 Å². The first-order valence-corrected chi connectivity index (χ1v) is 7.66. The van der Waals surface area contributed by atoms with Gasteiger partial charge in [0.2, 0.25) is 0 Å². The summed E-state index contributed by atoms with van der Waals surface area (Å²) in [5.74, 6) is 0. The van der Waals surface area contributed by atoms with Gasteiger partial charge in [-0.25, -0.2) is 13.8 Å². The highest BCUT2D eigenvalue weighted by Crippen LogP contribution is 2.41. The largest absolute Gasteiger partial charge is 0.469 e. The van der Waals surface area contributed by atoms with Crippen LogP contribution in [0.15, 0.2) is 21.9 Å². The van der Waals surface area contributed by atoms with E-state index in [1.807, 2.05) is 4.98 Å². The maximum absolute atomic E-state index is 14.1. The number of H-pyrrole nitrogens is 1. The predicted octanol–water partition coefficient (Wildman–Crippen LogP) is -1.37. The third kappa shape index (κ3) is 3.51. The van der Waals surface area contributed by atoms with Gasteiger partial charge in [0.05, 0.1) is 6.10 Å². The van der Waals surface area contributed by atoms with Crippen molar-refractivity contribution in [2.75, 3.05) is 0 Å². The molecule has 0 saturated carbocycles. The molecule has 5 atom stereocenters. The number of halogens is 1. The number of aromatic nitrogens is 2. The third-order valence-corrected chi connectivity index (χ3v) is 3.73. The SMILES string of the molecule is C[C@@H](OP(=O)(O)O)[C@H]1O[C@@H](n2ccc(=O)[nH]c2=O)[C@H](F)[C@@H]1O. The van der Waals surface area contributed by atoms with Crippen LogP contribution in [0.2, 0.25) is 0 Å². The molecule has 12 heteroatoms. The number of rotatable bonds is 4. The van der Waals surface area contributed by atoms with E-state index in [2.05, 4.69) is 4.52 Å². The van der Waals surface area contributed by atoms with E-state index >= 15 is 0 Å². The van der Waals surface area contributed by atoms with Gasteiger partial charge in [0.25, 0.3) is 5.56 Å². The number of alkyl halides is 1. The normalized spacial score (nSPS) is 30.4. The number of ether oxygens (including phenoxy) is 1. The van der Waals surface area contributed by atoms with Crippen molar-refractivity contribution in [1.29, 1.82) is 0 Å². The molecule has 0 radical (unpaired) electrons. The monoisotopic (exact) mass is 340 g/mol. The van der Waals surface area contributed by atoms with Crippen LogP contribution in [0.25, 0.3) is 0 Å². The van der Waals surface area contributed by atoms with Crippen LogP contribution >= 0.6 is 7.82 Å². The lowest BCUT2D eigenvalue weighted by Gasteiger charge is -2.22. The van der Waals surface area contributed by atoms with Crippen LogP contribution in [0, 0.1) is 0 Å². The molecule has 0 bridgehead atoms. The van der Waals surface area contributed by atoms with Crippen LogP contribution in [0.1, 0.15) is 13.2 Å². The second-order valence-electron chi connectivity index (χ2n) is 4.74. The zero-order valence-electron chi connectivity index (χ0n) is 11.2. The number of aromatic amines is 1. The number of hydrogen-bond acceptors (Lipinski definition) is 6. The molecule has 1 fully saturated rings. The van der Waals surface area contributed by atoms with Gasteiger partial charge >= 0.3 is 13.5 Å². The van der Waals surface area contributed by atoms with E-state index in [4.69, 9.17) is 14.5 Å². The van der Waals surface area contributed by atoms with E-state index < -0.39 is 49.8 Å². The standard InChI is InChI=1S/C10H14FN2O8P/c1-4(21-22(17,18)19)8-7(15)6(11)9(20-8)13-3-2-5(14)12-10(13)16/h2-4,6-9,15H,1H3,(H,12,14,16)(H2,17,18,19)/t4-,6-,7+,8-,9-/m1/s1. The summed E-state index contributed by atoms with van der Waals surface area (Å²) in [6.45, 7) is 1.18. The van der Waals surface area contributed by atoms with Crippen LogP contribution in [0.4, 0.5) is 4.39 Å². The van der Waals surface area contributed by atoms with Crippen molar-refractivity contribution in [3.8, 4) is 0 Å². The quantitative estimate of drug-likeness (QED) is 0.490. The predicted molar refractivity (Wildman–Crippen MR) is 68.7 cm³/mol. The molecule has 10 nitrogen and oxygen atoms in total. The van der Waals surface area contributed by atoms with Crippen molar-refractivity contribution >= 4 is 7.82 Å². The van der Waals surface area contributed by atoms with Crippen molar-refractivity contribution in [2.45, 2.75) is 37.6 Å². The molecule has 0 spiro atoms. The van der Waals surface area contributed by atoms with Gasteiger partial charge in [-0.2, -0.15) is 0 Å². The van der Waals surface area contributed by atoms with E-state index in [0.29, 0.717) is 0 Å². The summed E-state index contributed by atoms with van der Waals surface area (Å²) in [7, 11) is -4.86. The molecule has 1 saturated heterocycles. The molecule has 0 amide bonds. The van der Waals surface area contributed by atoms with Gasteiger partial charge in [0, 0.05) is 12.3 Å². The summed E-state index contributed by atoms with van der Waals surface area (Å²) in [4.78, 5) is 41.9. The Bertz CT molecular complexity index is 699. The number of phosphoric ester groups is 1. The Labute approximate surface area is 122 Å². The first kappa shape index (κ1) is 17.0. The van der Waals surface area contributed by atoms with Crippen LogP contribution in [-0.4, -0.2) is 48.9 Å². The minimum atomic E-state index is -4.86. The molecule has 22 heavy (non-hydrogen) atoms. The Hall–Kier alpha value is -1.36. The summed E-state index contributed by atoms with van der Waals surface area (Å²) in [6, 6.07) is 0.965. The second-order valence-corrected chi connectivity index (χ2v) is 5.94. The van der Waals surface area contributed by atoms with Gasteiger partial charge in [-0.15, -0.1) is 0 Å². The first-order valence-electron chi connectivity index (χ1n) is 6.13. The Kier molecular flexibility index (Phi) is 4.66. The zero-order valence-corrected chi connectivity index (χ0v) is 12.1. The molecule has 2 rings (SSSR count). The molecule has 0 aliphatic carbocycles. The summed E-state index contributed by atoms with van der Waals surface area (Å²) in [5.41, 5.74) is -1.64.